The van der Waals surface area contributed by atoms with Crippen molar-refractivity contribution in [2.75, 3.05) is 38.0 Å². The van der Waals surface area contributed by atoms with Crippen LogP contribution in [0, 0.1) is 6.92 Å². The first-order chi connectivity index (χ1) is 16.0. The zero-order valence-corrected chi connectivity index (χ0v) is 19.8. The van der Waals surface area contributed by atoms with Gasteiger partial charge in [-0.05, 0) is 44.2 Å². The third kappa shape index (κ3) is 5.84. The quantitative estimate of drug-likeness (QED) is 0.554. The van der Waals surface area contributed by atoms with E-state index in [-0.39, 0.29) is 26.5 Å². The Hall–Kier alpha value is -3.62. The second kappa shape index (κ2) is 11.5. The lowest BCUT2D eigenvalue weighted by Crippen LogP contribution is -2.48. The van der Waals surface area contributed by atoms with E-state index in [1.807, 2.05) is 59.5 Å². The molecule has 0 atom stereocenters. The van der Waals surface area contributed by atoms with Crippen molar-refractivity contribution < 1.29 is 12.4 Å². The fourth-order valence-corrected chi connectivity index (χ4v) is 4.00. The smallest absolute Gasteiger partial charge is 0.276 e. The number of benzene rings is 2. The van der Waals surface area contributed by atoms with E-state index in [4.69, 9.17) is 0 Å². The van der Waals surface area contributed by atoms with Gasteiger partial charge in [-0.1, -0.05) is 37.3 Å². The lowest BCUT2D eigenvalue weighted by atomic mass is 10.1. The summed E-state index contributed by atoms with van der Waals surface area (Å²) in [6.45, 7) is 8.28. The number of hydrogen-bond donors (Lipinski definition) is 2. The molecule has 2 heterocycles. The van der Waals surface area contributed by atoms with Crippen molar-refractivity contribution in [2.45, 2.75) is 20.3 Å². The van der Waals surface area contributed by atoms with Gasteiger partial charge in [0.15, 0.2) is 0 Å². The van der Waals surface area contributed by atoms with Gasteiger partial charge in [0.2, 0.25) is 0 Å². The Bertz CT molecular complexity index is 1140. The van der Waals surface area contributed by atoms with Crippen LogP contribution in [0.15, 0.2) is 60.8 Å². The molecule has 0 spiro atoms. The van der Waals surface area contributed by atoms with Crippen LogP contribution in [0.4, 0.5) is 5.69 Å². The average molecular weight is 465 g/mol. The van der Waals surface area contributed by atoms with Crippen molar-refractivity contribution in [1.29, 1.82) is 0 Å². The first-order valence-corrected chi connectivity index (χ1v) is 11.4. The molecule has 1 aromatic heterocycles. The van der Waals surface area contributed by atoms with E-state index in [0.717, 1.165) is 44.7 Å². The van der Waals surface area contributed by atoms with Gasteiger partial charge in [-0.3, -0.25) is 19.5 Å². The molecule has 4 rings (SSSR count). The molecule has 1 fully saturated rings. The number of para-hydroxylation sites is 1. The molecule has 0 unspecified atom stereocenters. The Morgan fingerprint density at radius 3 is 2.47 bits per heavy atom. The number of carbonyl (C=O) groups excluding carboxylic acids is 2. The van der Waals surface area contributed by atoms with E-state index in [1.54, 1.807) is 13.1 Å². The highest BCUT2D eigenvalue weighted by atomic mass is 16.2. The third-order valence-corrected chi connectivity index (χ3v) is 5.81. The Morgan fingerprint density at radius 2 is 1.76 bits per heavy atom. The number of anilines is 1. The second-order valence-electron chi connectivity index (χ2n) is 8.22. The fraction of sp³-hybridized carbons (Fsp3) is 0.308. The Kier molecular flexibility index (Phi) is 8.45. The minimum Gasteiger partial charge on any atom is -0.344 e. The number of nitrogens with one attached hydrogen (secondary N) is 1. The number of piperazine rings is 1. The number of aryl methyl sites for hydroxylation is 1. The van der Waals surface area contributed by atoms with Gasteiger partial charge >= 0.3 is 0 Å². The highest BCUT2D eigenvalue weighted by Gasteiger charge is 2.22. The summed E-state index contributed by atoms with van der Waals surface area (Å²) in [4.78, 5) is 39.1. The van der Waals surface area contributed by atoms with Gasteiger partial charge in [-0.2, -0.15) is 0 Å². The van der Waals surface area contributed by atoms with Gasteiger partial charge in [0.1, 0.15) is 5.69 Å². The summed E-state index contributed by atoms with van der Waals surface area (Å²) in [6, 6.07) is 16.6. The summed E-state index contributed by atoms with van der Waals surface area (Å²) in [5, 5.41) is 2.86. The molecular weight excluding hydrogens is 428 g/mol. The summed E-state index contributed by atoms with van der Waals surface area (Å²) in [5.74, 6) is -0.291. The Balaban J connectivity index is 0.00000216. The second-order valence-corrected chi connectivity index (χ2v) is 8.22. The Labute approximate surface area is 203 Å². The first-order valence-electron chi connectivity index (χ1n) is 11.4. The van der Waals surface area contributed by atoms with Crippen LogP contribution in [0.1, 0.15) is 42.7 Å². The molecule has 2 amide bonds. The number of aromatic nitrogens is 2. The predicted molar refractivity (Wildman–Crippen MR) is 138 cm³/mol. The van der Waals surface area contributed by atoms with Crippen molar-refractivity contribution in [2.24, 2.45) is 0 Å². The predicted octanol–water partition coefficient (Wildman–Crippen LogP) is 4.53. The number of carbonyl (C=O) groups is 2. The van der Waals surface area contributed by atoms with Gasteiger partial charge in [0.25, 0.3) is 11.8 Å². The maximum atomic E-state index is 13.1. The van der Waals surface area contributed by atoms with Crippen molar-refractivity contribution >= 4 is 17.5 Å². The lowest BCUT2D eigenvalue weighted by molar-refractivity contribution is 0.0637. The molecule has 1 aliphatic heterocycles. The highest BCUT2D eigenvalue weighted by Crippen LogP contribution is 2.21. The SMILES string of the molecule is CCCN1CCN(C(=O)c2cccc(-c3cnc(C)c(C(=O)Nc4ccccc4)n3)c2)CC1.N.[HH].[HH]. The van der Waals surface area contributed by atoms with E-state index in [2.05, 4.69) is 27.1 Å². The summed E-state index contributed by atoms with van der Waals surface area (Å²) in [5.41, 5.74) is 3.44. The molecule has 3 aromatic rings. The van der Waals surface area contributed by atoms with Crippen LogP contribution in [0.5, 0.6) is 0 Å². The molecule has 1 saturated heterocycles. The molecule has 182 valence electrons. The molecule has 34 heavy (non-hydrogen) atoms. The molecule has 4 N–H and O–H groups in total. The van der Waals surface area contributed by atoms with Crippen LogP contribution in [0.2, 0.25) is 0 Å². The van der Waals surface area contributed by atoms with Crippen molar-refractivity contribution in [3.05, 3.63) is 77.7 Å². The van der Waals surface area contributed by atoms with Crippen LogP contribution < -0.4 is 11.5 Å². The number of hydrogen-bond acceptors (Lipinski definition) is 6. The molecule has 1 aliphatic rings. The summed E-state index contributed by atoms with van der Waals surface area (Å²) >= 11 is 0. The monoisotopic (exact) mass is 464 g/mol. The van der Waals surface area contributed by atoms with Crippen LogP contribution in [-0.4, -0.2) is 64.3 Å². The summed E-state index contributed by atoms with van der Waals surface area (Å²) < 4.78 is 0. The maximum Gasteiger partial charge on any atom is 0.276 e. The van der Waals surface area contributed by atoms with Gasteiger partial charge in [-0.25, -0.2) is 4.98 Å². The van der Waals surface area contributed by atoms with Crippen LogP contribution in [0.25, 0.3) is 11.3 Å². The number of amides is 2. The molecular formula is C26H36N6O2. The summed E-state index contributed by atoms with van der Waals surface area (Å²) in [6.07, 6.45) is 2.76. The van der Waals surface area contributed by atoms with Crippen molar-refractivity contribution in [3.63, 3.8) is 0 Å². The molecule has 0 radical (unpaired) electrons. The minimum absolute atomic E-state index is 0. The third-order valence-electron chi connectivity index (χ3n) is 5.81. The van der Waals surface area contributed by atoms with E-state index in [0.29, 0.717) is 22.6 Å². The van der Waals surface area contributed by atoms with Gasteiger partial charge in [0, 0.05) is 45.8 Å². The fourth-order valence-electron chi connectivity index (χ4n) is 4.00. The van der Waals surface area contributed by atoms with Crippen LogP contribution >= 0.6 is 0 Å². The molecule has 8 heteroatoms. The largest absolute Gasteiger partial charge is 0.344 e. The Morgan fingerprint density at radius 1 is 1.03 bits per heavy atom. The molecule has 8 nitrogen and oxygen atoms in total. The van der Waals surface area contributed by atoms with Crippen LogP contribution in [-0.2, 0) is 0 Å². The van der Waals surface area contributed by atoms with Gasteiger partial charge in [-0.15, -0.1) is 0 Å². The molecule has 0 bridgehead atoms. The molecule has 0 aliphatic carbocycles. The van der Waals surface area contributed by atoms with E-state index < -0.39 is 0 Å². The maximum absolute atomic E-state index is 13.1. The number of rotatable bonds is 6. The molecule has 0 saturated carbocycles. The van der Waals surface area contributed by atoms with Gasteiger partial charge < -0.3 is 16.4 Å². The number of nitrogens with zero attached hydrogens (tertiary/aromatic N) is 4. The van der Waals surface area contributed by atoms with E-state index in [9.17, 15) is 9.59 Å². The first kappa shape index (κ1) is 25.0. The van der Waals surface area contributed by atoms with E-state index >= 15 is 0 Å². The zero-order valence-electron chi connectivity index (χ0n) is 19.8. The molecule has 2 aromatic carbocycles. The normalized spacial score (nSPS) is 13.8. The summed E-state index contributed by atoms with van der Waals surface area (Å²) in [7, 11) is 0. The van der Waals surface area contributed by atoms with Crippen molar-refractivity contribution in [3.8, 4) is 11.3 Å². The zero-order chi connectivity index (χ0) is 23.2. The standard InChI is InChI=1S/C26H29N5O2.H3N.2H2/c1-3-12-30-13-15-31(16-14-30)26(33)21-9-7-8-20(17-21)23-18-27-19(2)24(29-23)25(32)28-22-10-5-4-6-11-22;;;/h4-11,17-18H,3,12-16H2,1-2H3,(H,28,32);1H3;2*1H. The van der Waals surface area contributed by atoms with Crippen LogP contribution in [0.3, 0.4) is 0 Å². The lowest BCUT2D eigenvalue weighted by Gasteiger charge is -2.34. The van der Waals surface area contributed by atoms with E-state index in [1.165, 1.54) is 0 Å². The van der Waals surface area contributed by atoms with Crippen molar-refractivity contribution in [1.82, 2.24) is 25.9 Å². The van der Waals surface area contributed by atoms with Gasteiger partial charge in [0.05, 0.1) is 17.6 Å². The average Bonchev–Trinajstić information content (AvgIpc) is 2.85. The minimum atomic E-state index is -0.315. The highest BCUT2D eigenvalue weighted by molar-refractivity contribution is 6.03. The topological polar surface area (TPSA) is 113 Å².